The first-order valence-electron chi connectivity index (χ1n) is 9.72. The lowest BCUT2D eigenvalue weighted by atomic mass is 9.88. The molecule has 0 spiro atoms. The summed E-state index contributed by atoms with van der Waals surface area (Å²) in [6.45, 7) is 1.88. The first-order chi connectivity index (χ1) is 12.4. The number of aliphatic imine (C=N–C) groups is 1. The molecule has 1 unspecified atom stereocenters. The van der Waals surface area contributed by atoms with E-state index in [1.54, 1.807) is 7.05 Å². The van der Waals surface area contributed by atoms with Gasteiger partial charge in [0.15, 0.2) is 5.96 Å². The maximum atomic E-state index is 12.6. The predicted octanol–water partition coefficient (Wildman–Crippen LogP) is 3.68. The quantitative estimate of drug-likeness (QED) is 0.251. The Balaban J connectivity index is 0.00000364. The second-order valence-electron chi connectivity index (χ2n) is 7.32. The van der Waals surface area contributed by atoms with Gasteiger partial charge in [-0.15, -0.1) is 24.0 Å². The highest BCUT2D eigenvalue weighted by atomic mass is 127. The van der Waals surface area contributed by atoms with Gasteiger partial charge in [-0.05, 0) is 32.1 Å². The fraction of sp³-hybridized carbons (Fsp3) is 0.889. The van der Waals surface area contributed by atoms with Gasteiger partial charge in [0.1, 0.15) is 0 Å². The Kier molecular flexibility index (Phi) is 10.8. The highest BCUT2D eigenvalue weighted by Crippen LogP contribution is 2.26. The van der Waals surface area contributed by atoms with Crippen molar-refractivity contribution in [2.24, 2.45) is 10.9 Å². The van der Waals surface area contributed by atoms with E-state index in [2.05, 4.69) is 15.6 Å². The Morgan fingerprint density at radius 2 is 1.85 bits per heavy atom. The zero-order chi connectivity index (χ0) is 19.0. The topological polar surface area (TPSA) is 56.7 Å². The van der Waals surface area contributed by atoms with Crippen LogP contribution in [0.1, 0.15) is 57.8 Å². The van der Waals surface area contributed by atoms with Crippen LogP contribution in [0.2, 0.25) is 0 Å². The summed E-state index contributed by atoms with van der Waals surface area (Å²) in [5.74, 6) is 1.06. The van der Waals surface area contributed by atoms with Crippen LogP contribution in [-0.4, -0.2) is 55.7 Å². The van der Waals surface area contributed by atoms with E-state index in [1.807, 2.05) is 4.90 Å². The van der Waals surface area contributed by atoms with E-state index in [1.165, 1.54) is 6.42 Å². The lowest BCUT2D eigenvalue weighted by Crippen LogP contribution is -2.45. The molecule has 0 aromatic rings. The Hall–Kier alpha value is -0.740. The van der Waals surface area contributed by atoms with Crippen molar-refractivity contribution in [3.05, 3.63) is 0 Å². The van der Waals surface area contributed by atoms with Gasteiger partial charge < -0.3 is 15.5 Å². The number of hydrogen-bond donors (Lipinski definition) is 2. The summed E-state index contributed by atoms with van der Waals surface area (Å²) in [6, 6.07) is 0.143. The molecule has 1 saturated heterocycles. The van der Waals surface area contributed by atoms with Crippen molar-refractivity contribution in [2.45, 2.75) is 70.0 Å². The van der Waals surface area contributed by atoms with Gasteiger partial charge in [-0.25, -0.2) is 0 Å². The number of hydrogen-bond acceptors (Lipinski definition) is 2. The highest BCUT2D eigenvalue weighted by molar-refractivity contribution is 14.0. The van der Waals surface area contributed by atoms with Gasteiger partial charge in [0.05, 0.1) is 0 Å². The molecular formula is C18H32F3IN4O. The van der Waals surface area contributed by atoms with Gasteiger partial charge >= 0.3 is 6.18 Å². The van der Waals surface area contributed by atoms with E-state index in [0.29, 0.717) is 25.5 Å². The van der Waals surface area contributed by atoms with Crippen LogP contribution >= 0.6 is 24.0 Å². The van der Waals surface area contributed by atoms with E-state index in [-0.39, 0.29) is 48.3 Å². The number of unbranched alkanes of at least 4 members (excludes halogenated alkanes) is 1. The van der Waals surface area contributed by atoms with Crippen LogP contribution in [0.15, 0.2) is 4.99 Å². The minimum atomic E-state index is -4.09. The maximum absolute atomic E-state index is 12.6. The Bertz CT molecular complexity index is 482. The second-order valence-corrected chi connectivity index (χ2v) is 7.32. The molecule has 1 aliphatic heterocycles. The number of carbonyl (C=O) groups is 1. The number of carbonyl (C=O) groups excluding carboxylic acids is 1. The van der Waals surface area contributed by atoms with Crippen molar-refractivity contribution in [3.8, 4) is 0 Å². The number of amides is 1. The lowest BCUT2D eigenvalue weighted by Gasteiger charge is -2.26. The average Bonchev–Trinajstić information content (AvgIpc) is 3.08. The first kappa shape index (κ1) is 24.3. The van der Waals surface area contributed by atoms with E-state index in [9.17, 15) is 18.0 Å². The van der Waals surface area contributed by atoms with Gasteiger partial charge in [-0.1, -0.05) is 19.3 Å². The van der Waals surface area contributed by atoms with E-state index >= 15 is 0 Å². The van der Waals surface area contributed by atoms with Crippen molar-refractivity contribution < 1.29 is 18.0 Å². The van der Waals surface area contributed by atoms with Gasteiger partial charge in [-0.2, -0.15) is 13.2 Å². The number of nitrogens with zero attached hydrogens (tertiary/aromatic N) is 2. The predicted molar refractivity (Wildman–Crippen MR) is 111 cm³/mol. The molecule has 0 bridgehead atoms. The third-order valence-electron chi connectivity index (χ3n) is 5.20. The summed E-state index contributed by atoms with van der Waals surface area (Å²) in [7, 11) is 1.64. The van der Waals surface area contributed by atoms with Crippen molar-refractivity contribution in [1.29, 1.82) is 0 Å². The molecule has 5 nitrogen and oxygen atoms in total. The Labute approximate surface area is 176 Å². The average molecular weight is 504 g/mol. The van der Waals surface area contributed by atoms with Gasteiger partial charge in [0.2, 0.25) is 5.91 Å². The summed E-state index contributed by atoms with van der Waals surface area (Å²) in [5, 5.41) is 6.34. The summed E-state index contributed by atoms with van der Waals surface area (Å²) in [6.07, 6.45) is 2.14. The molecule has 2 rings (SSSR count). The van der Waals surface area contributed by atoms with Gasteiger partial charge in [0.25, 0.3) is 0 Å². The third kappa shape index (κ3) is 8.87. The molecule has 1 aliphatic carbocycles. The fourth-order valence-corrected chi connectivity index (χ4v) is 3.73. The second kappa shape index (κ2) is 12.0. The highest BCUT2D eigenvalue weighted by Gasteiger charge is 2.31. The fourth-order valence-electron chi connectivity index (χ4n) is 3.73. The van der Waals surface area contributed by atoms with Crippen LogP contribution < -0.4 is 10.6 Å². The number of nitrogens with one attached hydrogen (secondary N) is 2. The smallest absolute Gasteiger partial charge is 0.356 e. The van der Waals surface area contributed by atoms with Gasteiger partial charge in [-0.3, -0.25) is 9.79 Å². The van der Waals surface area contributed by atoms with Crippen LogP contribution in [0.4, 0.5) is 13.2 Å². The maximum Gasteiger partial charge on any atom is 0.389 e. The minimum absolute atomic E-state index is 0. The molecule has 0 aromatic heterocycles. The van der Waals surface area contributed by atoms with E-state index in [0.717, 1.165) is 38.6 Å². The van der Waals surface area contributed by atoms with Crippen molar-refractivity contribution in [3.63, 3.8) is 0 Å². The van der Waals surface area contributed by atoms with Crippen LogP contribution in [0.3, 0.4) is 0 Å². The van der Waals surface area contributed by atoms with Crippen molar-refractivity contribution >= 4 is 35.8 Å². The minimum Gasteiger partial charge on any atom is -0.356 e. The van der Waals surface area contributed by atoms with Crippen LogP contribution in [-0.2, 0) is 4.79 Å². The van der Waals surface area contributed by atoms with Crippen LogP contribution in [0, 0.1) is 5.92 Å². The number of halogens is 4. The molecule has 27 heavy (non-hydrogen) atoms. The van der Waals surface area contributed by atoms with Gasteiger partial charge in [0, 0.05) is 45.1 Å². The molecule has 2 N–H and O–H groups in total. The summed E-state index contributed by atoms with van der Waals surface area (Å²) in [4.78, 5) is 18.7. The summed E-state index contributed by atoms with van der Waals surface area (Å²) < 4.78 is 36.4. The molecule has 2 aliphatic rings. The van der Waals surface area contributed by atoms with E-state index in [4.69, 9.17) is 0 Å². The zero-order valence-corrected chi connectivity index (χ0v) is 18.3. The molecule has 158 valence electrons. The number of alkyl halides is 3. The SMILES string of the molecule is CN=C(NCCCCC(F)(F)F)NC1CCN(C(=O)C2CCCCC2)C1.I. The molecule has 2 fully saturated rings. The Morgan fingerprint density at radius 3 is 2.48 bits per heavy atom. The normalized spacial score (nSPS) is 21.7. The summed E-state index contributed by atoms with van der Waals surface area (Å²) >= 11 is 0. The standard InChI is InChI=1S/C18H31F3N4O.HI/c1-22-17(23-11-6-5-10-18(19,20)21)24-15-9-12-25(13-15)16(26)14-7-3-2-4-8-14;/h14-15H,2-13H2,1H3,(H2,22,23,24);1H. The number of guanidine groups is 1. The monoisotopic (exact) mass is 504 g/mol. The summed E-state index contributed by atoms with van der Waals surface area (Å²) in [5.41, 5.74) is 0. The largest absolute Gasteiger partial charge is 0.389 e. The third-order valence-corrected chi connectivity index (χ3v) is 5.20. The molecule has 1 amide bonds. The van der Waals surface area contributed by atoms with Crippen molar-refractivity contribution in [1.82, 2.24) is 15.5 Å². The first-order valence-corrected chi connectivity index (χ1v) is 9.72. The lowest BCUT2D eigenvalue weighted by molar-refractivity contribution is -0.136. The zero-order valence-electron chi connectivity index (χ0n) is 16.0. The van der Waals surface area contributed by atoms with E-state index < -0.39 is 12.6 Å². The molecule has 0 aromatic carbocycles. The molecule has 9 heteroatoms. The molecular weight excluding hydrogens is 472 g/mol. The number of rotatable bonds is 6. The Morgan fingerprint density at radius 1 is 1.15 bits per heavy atom. The van der Waals surface area contributed by atoms with Crippen molar-refractivity contribution in [2.75, 3.05) is 26.7 Å². The van der Waals surface area contributed by atoms with Crippen LogP contribution in [0.5, 0.6) is 0 Å². The molecule has 1 heterocycles. The van der Waals surface area contributed by atoms with Crippen LogP contribution in [0.25, 0.3) is 0 Å². The number of likely N-dealkylation sites (tertiary alicyclic amines) is 1. The molecule has 1 atom stereocenters. The molecule has 0 radical (unpaired) electrons. The molecule has 1 saturated carbocycles.